The molecule has 1 aliphatic heterocycles. The molecule has 0 aromatic heterocycles. The van der Waals surface area contributed by atoms with Crippen LogP contribution >= 0.6 is 0 Å². The van der Waals surface area contributed by atoms with E-state index in [1.54, 1.807) is 12.1 Å². The van der Waals surface area contributed by atoms with Gasteiger partial charge < -0.3 is 15.0 Å². The molecule has 1 aromatic rings. The van der Waals surface area contributed by atoms with E-state index in [9.17, 15) is 22.8 Å². The van der Waals surface area contributed by atoms with E-state index in [1.165, 1.54) is 19.1 Å². The summed E-state index contributed by atoms with van der Waals surface area (Å²) in [7, 11) is 0. The zero-order valence-corrected chi connectivity index (χ0v) is 17.1. The molecule has 1 N–H and O–H groups in total. The Bertz CT molecular complexity index is 725. The lowest BCUT2D eigenvalue weighted by atomic mass is 9.96. The highest BCUT2D eigenvalue weighted by Gasteiger charge is 2.35. The molecule has 1 saturated heterocycles. The van der Waals surface area contributed by atoms with Gasteiger partial charge in [-0.25, -0.2) is 0 Å². The second kappa shape index (κ2) is 9.68. The second-order valence-corrected chi connectivity index (χ2v) is 8.02. The molecule has 1 saturated carbocycles. The Balaban J connectivity index is 1.51. The number of nitrogens with zero attached hydrogens (tertiary/aromatic N) is 2. The van der Waals surface area contributed by atoms with E-state index in [1.807, 2.05) is 4.90 Å². The summed E-state index contributed by atoms with van der Waals surface area (Å²) in [5.74, 6) is -0.225. The zero-order chi connectivity index (χ0) is 21.7. The van der Waals surface area contributed by atoms with Crippen LogP contribution in [0, 0.1) is 5.92 Å². The number of hydrogen-bond donors (Lipinski definition) is 1. The van der Waals surface area contributed by atoms with Crippen molar-refractivity contribution in [2.45, 2.75) is 51.6 Å². The topological polar surface area (TPSA) is 61.9 Å². The van der Waals surface area contributed by atoms with Crippen LogP contribution in [-0.4, -0.2) is 60.2 Å². The first kappa shape index (κ1) is 22.4. The number of amides is 2. The van der Waals surface area contributed by atoms with Gasteiger partial charge in [0.1, 0.15) is 11.8 Å². The summed E-state index contributed by atoms with van der Waals surface area (Å²) in [5, 5.41) is 2.86. The Morgan fingerprint density at radius 2 is 1.70 bits per heavy atom. The molecule has 1 aliphatic carbocycles. The van der Waals surface area contributed by atoms with Crippen LogP contribution in [-0.2, 0) is 16.1 Å². The lowest BCUT2D eigenvalue weighted by Crippen LogP contribution is -2.56. The Morgan fingerprint density at radius 3 is 2.23 bits per heavy atom. The van der Waals surface area contributed by atoms with Crippen LogP contribution < -0.4 is 10.1 Å². The Kier molecular flexibility index (Phi) is 7.23. The molecular formula is C21H28F3N3O3. The van der Waals surface area contributed by atoms with Gasteiger partial charge in [-0.3, -0.25) is 14.5 Å². The number of piperazine rings is 1. The SMILES string of the molecule is CC(=O)NC(C(=O)N1CCN(Cc2ccc(OC(F)(F)F)cc2)CC1)C1CCCC1. The second-order valence-electron chi connectivity index (χ2n) is 8.02. The largest absolute Gasteiger partial charge is 0.573 e. The van der Waals surface area contributed by atoms with Gasteiger partial charge in [-0.15, -0.1) is 13.2 Å². The normalized spacial score (nSPS) is 19.5. The molecule has 0 bridgehead atoms. The number of carbonyl (C=O) groups is 2. The fourth-order valence-corrected chi connectivity index (χ4v) is 4.27. The average molecular weight is 427 g/mol. The first-order chi connectivity index (χ1) is 14.2. The number of nitrogens with one attached hydrogen (secondary N) is 1. The molecule has 30 heavy (non-hydrogen) atoms. The van der Waals surface area contributed by atoms with Crippen LogP contribution in [0.3, 0.4) is 0 Å². The van der Waals surface area contributed by atoms with E-state index in [-0.39, 0.29) is 23.5 Å². The van der Waals surface area contributed by atoms with Crippen LogP contribution in [0.5, 0.6) is 5.75 Å². The van der Waals surface area contributed by atoms with Gasteiger partial charge in [0.15, 0.2) is 0 Å². The Hall–Kier alpha value is -2.29. The van der Waals surface area contributed by atoms with Crippen molar-refractivity contribution >= 4 is 11.8 Å². The third-order valence-corrected chi connectivity index (χ3v) is 5.74. The number of rotatable bonds is 6. The third-order valence-electron chi connectivity index (χ3n) is 5.74. The molecule has 6 nitrogen and oxygen atoms in total. The number of ether oxygens (including phenoxy) is 1. The standard InChI is InChI=1S/C21H28F3N3O3/c1-15(28)25-19(17-4-2-3-5-17)20(29)27-12-10-26(11-13-27)14-16-6-8-18(9-7-16)30-21(22,23)24/h6-9,17,19H,2-5,10-14H2,1H3,(H,25,28). The van der Waals surface area contributed by atoms with Crippen LogP contribution in [0.25, 0.3) is 0 Å². The molecule has 2 aliphatic rings. The molecule has 2 amide bonds. The highest BCUT2D eigenvalue weighted by atomic mass is 19.4. The number of alkyl halides is 3. The number of halogens is 3. The maximum atomic E-state index is 13.0. The van der Waals surface area contributed by atoms with Crippen molar-refractivity contribution in [3.05, 3.63) is 29.8 Å². The molecule has 1 unspecified atom stereocenters. The predicted molar refractivity (Wildman–Crippen MR) is 105 cm³/mol. The highest BCUT2D eigenvalue weighted by Crippen LogP contribution is 2.29. The van der Waals surface area contributed by atoms with Crippen molar-refractivity contribution in [3.63, 3.8) is 0 Å². The first-order valence-electron chi connectivity index (χ1n) is 10.3. The predicted octanol–water partition coefficient (Wildman–Crippen LogP) is 2.92. The fourth-order valence-electron chi connectivity index (χ4n) is 4.27. The third kappa shape index (κ3) is 6.35. The highest BCUT2D eigenvalue weighted by molar-refractivity contribution is 5.87. The van der Waals surface area contributed by atoms with Gasteiger partial charge in [-0.2, -0.15) is 0 Å². The van der Waals surface area contributed by atoms with E-state index in [0.717, 1.165) is 31.2 Å². The number of benzene rings is 1. The molecule has 166 valence electrons. The van der Waals surface area contributed by atoms with Gasteiger partial charge in [0.2, 0.25) is 11.8 Å². The van der Waals surface area contributed by atoms with E-state index >= 15 is 0 Å². The van der Waals surface area contributed by atoms with E-state index in [0.29, 0.717) is 32.7 Å². The first-order valence-corrected chi connectivity index (χ1v) is 10.3. The van der Waals surface area contributed by atoms with Gasteiger partial charge in [0, 0.05) is 39.6 Å². The quantitative estimate of drug-likeness (QED) is 0.759. The van der Waals surface area contributed by atoms with Crippen molar-refractivity contribution in [1.29, 1.82) is 0 Å². The summed E-state index contributed by atoms with van der Waals surface area (Å²) in [4.78, 5) is 28.6. The lowest BCUT2D eigenvalue weighted by Gasteiger charge is -2.37. The van der Waals surface area contributed by atoms with Crippen molar-refractivity contribution in [2.75, 3.05) is 26.2 Å². The summed E-state index contributed by atoms with van der Waals surface area (Å²) < 4.78 is 40.7. The molecule has 2 fully saturated rings. The molecule has 0 radical (unpaired) electrons. The lowest BCUT2D eigenvalue weighted by molar-refractivity contribution is -0.274. The summed E-state index contributed by atoms with van der Waals surface area (Å²) in [6, 6.07) is 5.40. The van der Waals surface area contributed by atoms with Crippen LogP contribution in [0.2, 0.25) is 0 Å². The molecule has 1 aromatic carbocycles. The summed E-state index contributed by atoms with van der Waals surface area (Å²) in [6.07, 6.45) is -0.587. The van der Waals surface area contributed by atoms with E-state index < -0.39 is 12.4 Å². The maximum absolute atomic E-state index is 13.0. The minimum absolute atomic E-state index is 0.00889. The molecule has 0 spiro atoms. The zero-order valence-electron chi connectivity index (χ0n) is 17.1. The average Bonchev–Trinajstić information content (AvgIpc) is 3.21. The maximum Gasteiger partial charge on any atom is 0.573 e. The summed E-state index contributed by atoms with van der Waals surface area (Å²) in [6.45, 7) is 4.51. The van der Waals surface area contributed by atoms with Crippen molar-refractivity contribution in [3.8, 4) is 5.75 Å². The van der Waals surface area contributed by atoms with Crippen LogP contribution in [0.15, 0.2) is 24.3 Å². The Labute approximate surface area is 174 Å². The van der Waals surface area contributed by atoms with Crippen LogP contribution in [0.4, 0.5) is 13.2 Å². The van der Waals surface area contributed by atoms with Gasteiger partial charge >= 0.3 is 6.36 Å². The van der Waals surface area contributed by atoms with Crippen molar-refractivity contribution < 1.29 is 27.5 Å². The van der Waals surface area contributed by atoms with Gasteiger partial charge in [-0.1, -0.05) is 25.0 Å². The van der Waals surface area contributed by atoms with Crippen LogP contribution in [0.1, 0.15) is 38.2 Å². The minimum Gasteiger partial charge on any atom is -0.406 e. The van der Waals surface area contributed by atoms with Gasteiger partial charge in [-0.05, 0) is 36.5 Å². The van der Waals surface area contributed by atoms with Gasteiger partial charge in [0.25, 0.3) is 0 Å². The molecule has 1 heterocycles. The smallest absolute Gasteiger partial charge is 0.406 e. The van der Waals surface area contributed by atoms with Crippen molar-refractivity contribution in [1.82, 2.24) is 15.1 Å². The van der Waals surface area contributed by atoms with Gasteiger partial charge in [0.05, 0.1) is 0 Å². The molecule has 3 rings (SSSR count). The number of carbonyl (C=O) groups excluding carboxylic acids is 2. The number of hydrogen-bond acceptors (Lipinski definition) is 4. The minimum atomic E-state index is -4.70. The Morgan fingerprint density at radius 1 is 1.10 bits per heavy atom. The summed E-state index contributed by atoms with van der Waals surface area (Å²) in [5.41, 5.74) is 0.881. The molecule has 9 heteroatoms. The van der Waals surface area contributed by atoms with E-state index in [4.69, 9.17) is 0 Å². The monoisotopic (exact) mass is 427 g/mol. The molecule has 1 atom stereocenters. The fraction of sp³-hybridized carbons (Fsp3) is 0.619. The molecular weight excluding hydrogens is 399 g/mol. The summed E-state index contributed by atoms with van der Waals surface area (Å²) >= 11 is 0. The van der Waals surface area contributed by atoms with Crippen molar-refractivity contribution in [2.24, 2.45) is 5.92 Å². The van der Waals surface area contributed by atoms with E-state index in [2.05, 4.69) is 15.0 Å².